The Morgan fingerprint density at radius 1 is 1.11 bits per heavy atom. The summed E-state index contributed by atoms with van der Waals surface area (Å²) in [5.41, 5.74) is 2.16. The van der Waals surface area contributed by atoms with Crippen LogP contribution in [0.1, 0.15) is 12.5 Å². The van der Waals surface area contributed by atoms with E-state index in [1.807, 2.05) is 60.7 Å². The molecule has 0 spiro atoms. The third-order valence-corrected chi connectivity index (χ3v) is 5.73. The SMILES string of the molecule is CC(=O)OCSC(=NC(NC(=O)/C=C/c1ccccc1)C(Cl)(Cl)Cl)Nc1cccc2cccnc12. The summed E-state index contributed by atoms with van der Waals surface area (Å²) in [6.07, 6.45) is 3.36. The van der Waals surface area contributed by atoms with Gasteiger partial charge in [0.1, 0.15) is 5.94 Å². The van der Waals surface area contributed by atoms with Crippen LogP contribution in [-0.4, -0.2) is 37.9 Å². The molecular weight excluding hydrogens is 531 g/mol. The lowest BCUT2D eigenvalue weighted by molar-refractivity contribution is -0.138. The monoisotopic (exact) mass is 550 g/mol. The molecule has 11 heteroatoms. The van der Waals surface area contributed by atoms with Crippen LogP contribution in [0.3, 0.4) is 0 Å². The number of carbonyl (C=O) groups is 2. The van der Waals surface area contributed by atoms with Crippen LogP contribution in [0.5, 0.6) is 0 Å². The number of nitrogens with zero attached hydrogens (tertiary/aromatic N) is 2. The molecule has 1 heterocycles. The van der Waals surface area contributed by atoms with Crippen LogP contribution >= 0.6 is 46.6 Å². The fraction of sp³-hybridized carbons (Fsp3) is 0.167. The lowest BCUT2D eigenvalue weighted by Gasteiger charge is -2.23. The van der Waals surface area contributed by atoms with Gasteiger partial charge >= 0.3 is 5.97 Å². The molecule has 3 rings (SSSR count). The number of esters is 1. The number of anilines is 1. The lowest BCUT2D eigenvalue weighted by Crippen LogP contribution is -2.42. The van der Waals surface area contributed by atoms with Crippen molar-refractivity contribution in [1.29, 1.82) is 0 Å². The number of amides is 1. The average molecular weight is 552 g/mol. The number of pyridine rings is 1. The van der Waals surface area contributed by atoms with Gasteiger partial charge in [0.15, 0.2) is 11.3 Å². The number of hydrogen-bond donors (Lipinski definition) is 2. The number of carbonyl (C=O) groups excluding carboxylic acids is 2. The zero-order valence-electron chi connectivity index (χ0n) is 18.5. The summed E-state index contributed by atoms with van der Waals surface area (Å²) in [5, 5.41) is 6.88. The van der Waals surface area contributed by atoms with Gasteiger partial charge in [0, 0.05) is 24.6 Å². The highest BCUT2D eigenvalue weighted by atomic mass is 35.6. The standard InChI is InChI=1S/C24H21Cl3N4O3S/c1-16(32)34-15-35-23(29-19-11-5-9-18-10-6-14-28-21(18)19)31-22(24(25,26)27)30-20(33)13-12-17-7-3-2-4-8-17/h2-14,22H,15H2,1H3,(H,29,31)(H,30,33)/b13-12+. The molecule has 0 radical (unpaired) electrons. The fourth-order valence-corrected chi connectivity index (χ4v) is 3.83. The quantitative estimate of drug-likeness (QED) is 0.0965. The Morgan fingerprint density at radius 3 is 2.57 bits per heavy atom. The van der Waals surface area contributed by atoms with Gasteiger partial charge in [0.25, 0.3) is 0 Å². The van der Waals surface area contributed by atoms with Crippen molar-refractivity contribution in [1.82, 2.24) is 10.3 Å². The maximum absolute atomic E-state index is 12.5. The second kappa shape index (κ2) is 12.8. The van der Waals surface area contributed by atoms with Crippen molar-refractivity contribution in [3.8, 4) is 0 Å². The highest BCUT2D eigenvalue weighted by Crippen LogP contribution is 2.32. The van der Waals surface area contributed by atoms with E-state index in [1.54, 1.807) is 12.3 Å². The predicted octanol–water partition coefficient (Wildman–Crippen LogP) is 5.78. The van der Waals surface area contributed by atoms with Crippen molar-refractivity contribution in [3.63, 3.8) is 0 Å². The number of aromatic nitrogens is 1. The van der Waals surface area contributed by atoms with E-state index in [1.165, 1.54) is 13.0 Å². The summed E-state index contributed by atoms with van der Waals surface area (Å²) in [4.78, 5) is 32.6. The third-order valence-electron chi connectivity index (χ3n) is 4.39. The van der Waals surface area contributed by atoms with Gasteiger partial charge < -0.3 is 15.4 Å². The van der Waals surface area contributed by atoms with Crippen LogP contribution in [0.2, 0.25) is 0 Å². The van der Waals surface area contributed by atoms with E-state index in [4.69, 9.17) is 39.5 Å². The van der Waals surface area contributed by atoms with Gasteiger partial charge in [-0.25, -0.2) is 4.99 Å². The third kappa shape index (κ3) is 8.74. The molecule has 2 aromatic carbocycles. The number of halogens is 3. The Bertz CT molecular complexity index is 1230. The minimum absolute atomic E-state index is 0.0478. The Labute approximate surface area is 221 Å². The van der Waals surface area contributed by atoms with Gasteiger partial charge in [-0.15, -0.1) is 0 Å². The van der Waals surface area contributed by atoms with Gasteiger partial charge in [-0.1, -0.05) is 83.3 Å². The first kappa shape index (κ1) is 26.8. The summed E-state index contributed by atoms with van der Waals surface area (Å²) >= 11 is 19.5. The van der Waals surface area contributed by atoms with Crippen molar-refractivity contribution < 1.29 is 14.3 Å². The van der Waals surface area contributed by atoms with Gasteiger partial charge in [-0.3, -0.25) is 14.6 Å². The highest BCUT2D eigenvalue weighted by Gasteiger charge is 2.34. The molecule has 0 aliphatic carbocycles. The van der Waals surface area contributed by atoms with Crippen LogP contribution < -0.4 is 10.6 Å². The molecule has 1 atom stereocenters. The molecule has 0 saturated heterocycles. The summed E-state index contributed by atoms with van der Waals surface area (Å²) in [6, 6.07) is 18.6. The number of para-hydroxylation sites is 1. The number of ether oxygens (including phenoxy) is 1. The number of benzene rings is 2. The first-order valence-electron chi connectivity index (χ1n) is 10.3. The molecule has 2 N–H and O–H groups in total. The average Bonchev–Trinajstić information content (AvgIpc) is 2.82. The topological polar surface area (TPSA) is 92.7 Å². The molecule has 0 bridgehead atoms. The van der Waals surface area contributed by atoms with E-state index in [9.17, 15) is 9.59 Å². The largest absolute Gasteiger partial charge is 0.454 e. The summed E-state index contributed by atoms with van der Waals surface area (Å²) in [5.74, 6) is -1.01. The molecule has 1 unspecified atom stereocenters. The Balaban J connectivity index is 1.86. The van der Waals surface area contributed by atoms with E-state index in [2.05, 4.69) is 20.6 Å². The normalized spacial score (nSPS) is 13.0. The fourth-order valence-electron chi connectivity index (χ4n) is 2.82. The van der Waals surface area contributed by atoms with Crippen molar-refractivity contribution in [2.75, 3.05) is 11.3 Å². The van der Waals surface area contributed by atoms with Crippen molar-refractivity contribution >= 4 is 86.3 Å². The first-order chi connectivity index (χ1) is 16.7. The second-order valence-corrected chi connectivity index (χ2v) is 10.3. The first-order valence-corrected chi connectivity index (χ1v) is 12.4. The van der Waals surface area contributed by atoms with E-state index in [0.717, 1.165) is 22.7 Å². The number of fused-ring (bicyclic) bond motifs is 1. The van der Waals surface area contributed by atoms with Gasteiger partial charge in [-0.05, 0) is 35.5 Å². The zero-order chi connectivity index (χ0) is 25.3. The summed E-state index contributed by atoms with van der Waals surface area (Å²) in [7, 11) is 0. The van der Waals surface area contributed by atoms with Crippen LogP contribution in [0.15, 0.2) is 77.9 Å². The molecular formula is C24H21Cl3N4O3S. The van der Waals surface area contributed by atoms with E-state index >= 15 is 0 Å². The molecule has 0 aliphatic heterocycles. The van der Waals surface area contributed by atoms with Crippen molar-refractivity contribution in [2.45, 2.75) is 16.9 Å². The maximum Gasteiger partial charge on any atom is 0.303 e. The number of thioether (sulfide) groups is 1. The number of aliphatic imine (C=N–C) groups is 1. The number of amidine groups is 1. The van der Waals surface area contributed by atoms with E-state index in [-0.39, 0.29) is 11.1 Å². The van der Waals surface area contributed by atoms with E-state index < -0.39 is 21.8 Å². The molecule has 7 nitrogen and oxygen atoms in total. The van der Waals surface area contributed by atoms with Crippen LogP contribution in [0.25, 0.3) is 17.0 Å². The molecule has 0 aliphatic rings. The van der Waals surface area contributed by atoms with Gasteiger partial charge in [0.2, 0.25) is 9.70 Å². The minimum Gasteiger partial charge on any atom is -0.454 e. The summed E-state index contributed by atoms with van der Waals surface area (Å²) < 4.78 is 3.05. The smallest absolute Gasteiger partial charge is 0.303 e. The van der Waals surface area contributed by atoms with Crippen molar-refractivity contribution in [2.24, 2.45) is 4.99 Å². The minimum atomic E-state index is -1.97. The van der Waals surface area contributed by atoms with Crippen LogP contribution in [-0.2, 0) is 14.3 Å². The maximum atomic E-state index is 12.5. The molecule has 0 saturated carbocycles. The summed E-state index contributed by atoms with van der Waals surface area (Å²) in [6.45, 7) is 1.29. The molecule has 35 heavy (non-hydrogen) atoms. The Hall–Kier alpha value is -2.78. The molecule has 182 valence electrons. The zero-order valence-corrected chi connectivity index (χ0v) is 21.5. The Morgan fingerprint density at radius 2 is 1.86 bits per heavy atom. The van der Waals surface area contributed by atoms with Crippen LogP contribution in [0, 0.1) is 0 Å². The number of alkyl halides is 3. The number of rotatable bonds is 7. The number of hydrogen-bond acceptors (Lipinski definition) is 6. The predicted molar refractivity (Wildman–Crippen MR) is 145 cm³/mol. The second-order valence-electron chi connectivity index (χ2n) is 7.03. The van der Waals surface area contributed by atoms with Gasteiger partial charge in [-0.2, -0.15) is 0 Å². The molecule has 0 fully saturated rings. The lowest BCUT2D eigenvalue weighted by atomic mass is 10.2. The van der Waals surface area contributed by atoms with Crippen LogP contribution in [0.4, 0.5) is 5.69 Å². The van der Waals surface area contributed by atoms with E-state index in [0.29, 0.717) is 11.2 Å². The molecule has 3 aromatic rings. The number of nitrogens with one attached hydrogen (secondary N) is 2. The molecule has 1 amide bonds. The van der Waals surface area contributed by atoms with Crippen molar-refractivity contribution in [3.05, 3.63) is 78.5 Å². The van der Waals surface area contributed by atoms with Gasteiger partial charge in [0.05, 0.1) is 11.2 Å². The highest BCUT2D eigenvalue weighted by molar-refractivity contribution is 8.14. The Kier molecular flexibility index (Phi) is 9.80. The molecule has 1 aromatic heterocycles.